The summed E-state index contributed by atoms with van der Waals surface area (Å²) in [4.78, 5) is 0. The van der Waals surface area contributed by atoms with Crippen molar-refractivity contribution in [1.29, 1.82) is 0 Å². The Balaban J connectivity index is 2.28. The first-order valence-corrected chi connectivity index (χ1v) is 7.94. The van der Waals surface area contributed by atoms with E-state index in [1.807, 2.05) is 0 Å². The van der Waals surface area contributed by atoms with Crippen LogP contribution in [0.15, 0.2) is 0 Å². The minimum atomic E-state index is -0.197. The van der Waals surface area contributed by atoms with Gasteiger partial charge in [-0.25, -0.2) is 0 Å². The number of unbranched alkanes of at least 4 members (excludes halogenated alkanes) is 3. The van der Waals surface area contributed by atoms with Crippen molar-refractivity contribution in [3.8, 4) is 0 Å². The summed E-state index contributed by atoms with van der Waals surface area (Å²) in [6.07, 6.45) is 4.65. The van der Waals surface area contributed by atoms with Crippen LogP contribution >= 0.6 is 37.9 Å². The molecular weight excluding hydrogens is 272 g/mol. The Morgan fingerprint density at radius 1 is 1.06 bits per heavy atom. The predicted molar refractivity (Wildman–Crippen MR) is 82.5 cm³/mol. The Labute approximate surface area is 121 Å². The number of ether oxygens (including phenoxy) is 2. The van der Waals surface area contributed by atoms with Gasteiger partial charge in [-0.05, 0) is 6.42 Å². The number of hydrogen-bond donors (Lipinski definition) is 3. The molecule has 0 bridgehead atoms. The summed E-state index contributed by atoms with van der Waals surface area (Å²) in [5.74, 6) is 0.246. The highest BCUT2D eigenvalue weighted by atomic mass is 32.1. The van der Waals surface area contributed by atoms with E-state index in [4.69, 9.17) is 9.47 Å². The summed E-state index contributed by atoms with van der Waals surface area (Å²) in [6.45, 7) is 5.06. The zero-order chi connectivity index (χ0) is 12.8. The number of hydrogen-bond acceptors (Lipinski definition) is 5. The summed E-state index contributed by atoms with van der Waals surface area (Å²) < 4.78 is 11.5. The fraction of sp³-hybridized carbons (Fsp3) is 1.00. The van der Waals surface area contributed by atoms with Crippen molar-refractivity contribution in [2.24, 2.45) is 5.92 Å². The average Bonchev–Trinajstić information content (AvgIpc) is 2.32. The van der Waals surface area contributed by atoms with Gasteiger partial charge < -0.3 is 9.47 Å². The third-order valence-corrected chi connectivity index (χ3v) is 5.46. The second kappa shape index (κ2) is 8.20. The van der Waals surface area contributed by atoms with Gasteiger partial charge in [-0.15, -0.1) is 12.6 Å². The molecule has 5 atom stereocenters. The fourth-order valence-electron chi connectivity index (χ4n) is 1.90. The van der Waals surface area contributed by atoms with Crippen LogP contribution in [-0.2, 0) is 9.47 Å². The molecule has 2 nitrogen and oxygen atoms in total. The molecule has 0 aromatic heterocycles. The van der Waals surface area contributed by atoms with E-state index in [1.54, 1.807) is 0 Å². The average molecular weight is 297 g/mol. The van der Waals surface area contributed by atoms with Gasteiger partial charge in [0, 0.05) is 23.0 Å². The first kappa shape index (κ1) is 16.0. The topological polar surface area (TPSA) is 18.5 Å². The molecule has 1 aliphatic heterocycles. The summed E-state index contributed by atoms with van der Waals surface area (Å²) in [5, 5.41) is 0.215. The molecule has 1 fully saturated rings. The Bertz CT molecular complexity index is 216. The third-order valence-electron chi connectivity index (χ3n) is 3.16. The lowest BCUT2D eigenvalue weighted by atomic mass is 10.0. The minimum absolute atomic E-state index is 0.0524. The van der Waals surface area contributed by atoms with E-state index in [1.165, 1.54) is 19.3 Å². The van der Waals surface area contributed by atoms with Crippen LogP contribution < -0.4 is 0 Å². The van der Waals surface area contributed by atoms with Gasteiger partial charge in [-0.1, -0.05) is 33.1 Å². The van der Waals surface area contributed by atoms with Gasteiger partial charge in [0.1, 0.15) is 5.44 Å². The monoisotopic (exact) mass is 296 g/mol. The van der Waals surface area contributed by atoms with Crippen molar-refractivity contribution >= 4 is 37.9 Å². The first-order chi connectivity index (χ1) is 8.07. The second-order valence-electron chi connectivity index (χ2n) is 4.67. The maximum Gasteiger partial charge on any atom is 0.162 e. The highest BCUT2D eigenvalue weighted by Crippen LogP contribution is 2.34. The van der Waals surface area contributed by atoms with E-state index in [0.717, 1.165) is 13.0 Å². The molecule has 1 aliphatic rings. The van der Waals surface area contributed by atoms with Crippen molar-refractivity contribution in [3.63, 3.8) is 0 Å². The third kappa shape index (κ3) is 4.86. The van der Waals surface area contributed by atoms with Crippen LogP contribution in [0.4, 0.5) is 0 Å². The van der Waals surface area contributed by atoms with E-state index >= 15 is 0 Å². The Hall–Kier alpha value is 0.970. The standard InChI is InChI=1S/C12H24O2S3/c1-3-4-5-6-7-13-11-8(2)9(15)10(16)12(17)14-11/h8-12,15-17H,3-7H2,1-2H3/t8-,9?,10+,11-,12?/m1/s1. The van der Waals surface area contributed by atoms with Crippen LogP contribution in [-0.4, -0.2) is 28.8 Å². The van der Waals surface area contributed by atoms with E-state index in [-0.39, 0.29) is 28.1 Å². The molecule has 1 rings (SSSR count). The van der Waals surface area contributed by atoms with Gasteiger partial charge in [0.15, 0.2) is 6.29 Å². The summed E-state index contributed by atoms with van der Waals surface area (Å²) in [5.41, 5.74) is -0.197. The SMILES string of the molecule is CCCCCCO[C@@H]1OC(S)[C@@H](S)C(S)[C@H]1C. The van der Waals surface area contributed by atoms with Crippen LogP contribution in [0.2, 0.25) is 0 Å². The lowest BCUT2D eigenvalue weighted by Gasteiger charge is -2.40. The van der Waals surface area contributed by atoms with Gasteiger partial charge in [0.05, 0.1) is 0 Å². The highest BCUT2D eigenvalue weighted by molar-refractivity contribution is 7.87. The molecule has 0 saturated carbocycles. The highest BCUT2D eigenvalue weighted by Gasteiger charge is 2.39. The van der Waals surface area contributed by atoms with E-state index in [2.05, 4.69) is 51.7 Å². The summed E-state index contributed by atoms with van der Waals surface area (Å²) in [6, 6.07) is 0. The molecule has 0 radical (unpaired) electrons. The van der Waals surface area contributed by atoms with Crippen molar-refractivity contribution in [3.05, 3.63) is 0 Å². The van der Waals surface area contributed by atoms with Crippen LogP contribution in [0, 0.1) is 5.92 Å². The van der Waals surface area contributed by atoms with Gasteiger partial charge in [0.2, 0.25) is 0 Å². The smallest absolute Gasteiger partial charge is 0.162 e. The molecule has 5 heteroatoms. The summed E-state index contributed by atoms with van der Waals surface area (Å²) >= 11 is 13.4. The normalized spacial score (nSPS) is 38.3. The zero-order valence-electron chi connectivity index (χ0n) is 10.6. The van der Waals surface area contributed by atoms with Crippen LogP contribution in [0.3, 0.4) is 0 Å². The number of thiol groups is 3. The largest absolute Gasteiger partial charge is 0.352 e. The molecule has 1 heterocycles. The van der Waals surface area contributed by atoms with Gasteiger partial charge in [0.25, 0.3) is 0 Å². The maximum atomic E-state index is 5.78. The second-order valence-corrected chi connectivity index (χ2v) is 6.37. The molecular formula is C12H24O2S3. The van der Waals surface area contributed by atoms with Gasteiger partial charge >= 0.3 is 0 Å². The van der Waals surface area contributed by atoms with Gasteiger partial charge in [-0.2, -0.15) is 25.3 Å². The van der Waals surface area contributed by atoms with Crippen LogP contribution in [0.1, 0.15) is 39.5 Å². The molecule has 17 heavy (non-hydrogen) atoms. The fourth-order valence-corrected chi connectivity index (χ4v) is 2.98. The molecule has 0 N–H and O–H groups in total. The molecule has 0 aromatic carbocycles. The number of rotatable bonds is 6. The van der Waals surface area contributed by atoms with Gasteiger partial charge in [-0.3, -0.25) is 0 Å². The molecule has 2 unspecified atom stereocenters. The van der Waals surface area contributed by atoms with Crippen molar-refractivity contribution < 1.29 is 9.47 Å². The maximum absolute atomic E-state index is 5.78. The van der Waals surface area contributed by atoms with Crippen LogP contribution in [0.25, 0.3) is 0 Å². The summed E-state index contributed by atoms with van der Waals surface area (Å²) in [7, 11) is 0. The van der Waals surface area contributed by atoms with E-state index in [9.17, 15) is 0 Å². The molecule has 102 valence electrons. The molecule has 0 aromatic rings. The van der Waals surface area contributed by atoms with E-state index in [0.29, 0.717) is 0 Å². The van der Waals surface area contributed by atoms with Crippen LogP contribution in [0.5, 0.6) is 0 Å². The first-order valence-electron chi connectivity index (χ1n) is 6.39. The zero-order valence-corrected chi connectivity index (χ0v) is 13.3. The predicted octanol–water partition coefficient (Wildman–Crippen LogP) is 3.43. The van der Waals surface area contributed by atoms with E-state index < -0.39 is 0 Å². The molecule has 0 aliphatic carbocycles. The minimum Gasteiger partial charge on any atom is -0.352 e. The molecule has 1 saturated heterocycles. The Morgan fingerprint density at radius 3 is 2.41 bits per heavy atom. The van der Waals surface area contributed by atoms with Crippen molar-refractivity contribution in [2.75, 3.05) is 6.61 Å². The molecule has 0 amide bonds. The van der Waals surface area contributed by atoms with Crippen molar-refractivity contribution in [1.82, 2.24) is 0 Å². The molecule has 0 spiro atoms. The Kier molecular flexibility index (Phi) is 7.73. The van der Waals surface area contributed by atoms with Crippen molar-refractivity contribution in [2.45, 2.75) is 61.8 Å². The Morgan fingerprint density at radius 2 is 1.76 bits per heavy atom. The quantitative estimate of drug-likeness (QED) is 0.515. The lowest BCUT2D eigenvalue weighted by molar-refractivity contribution is -0.193. The lowest BCUT2D eigenvalue weighted by Crippen LogP contribution is -2.47.